The van der Waals surface area contributed by atoms with Crippen LogP contribution >= 0.6 is 0 Å². The van der Waals surface area contributed by atoms with Crippen LogP contribution < -0.4 is 4.74 Å². The minimum absolute atomic E-state index is 0.107. The van der Waals surface area contributed by atoms with E-state index in [0.717, 1.165) is 27.6 Å². The number of aliphatic hydroxyl groups excluding tert-OH is 1. The molecule has 0 bridgehead atoms. The van der Waals surface area contributed by atoms with E-state index in [0.29, 0.717) is 36.8 Å². The number of Topliss-reactive ketones (excluding diaryl/α,β-unsaturated/α-hetero) is 1. The number of carbonyl (C=O) groups excluding carboxylic acids is 2. The number of aliphatic hydroxyl groups is 1. The first-order valence-corrected chi connectivity index (χ1v) is 13.1. The maximum atomic E-state index is 13.4. The number of ketones is 1. The number of aromatic nitrogens is 1. The summed E-state index contributed by atoms with van der Waals surface area (Å²) < 4.78 is 5.51. The van der Waals surface area contributed by atoms with Gasteiger partial charge in [0, 0.05) is 29.2 Å². The van der Waals surface area contributed by atoms with Gasteiger partial charge >= 0.3 is 0 Å². The number of likely N-dealkylation sites (tertiary alicyclic amines) is 1. The summed E-state index contributed by atoms with van der Waals surface area (Å²) in [6.45, 7) is 7.00. The summed E-state index contributed by atoms with van der Waals surface area (Å²) in [7, 11) is 0. The molecule has 0 aliphatic carbocycles. The van der Waals surface area contributed by atoms with Gasteiger partial charge in [0.15, 0.2) is 0 Å². The number of carbonyl (C=O) groups is 2. The van der Waals surface area contributed by atoms with Crippen molar-refractivity contribution in [2.24, 2.45) is 0 Å². The van der Waals surface area contributed by atoms with Gasteiger partial charge in [0.2, 0.25) is 0 Å². The Kier molecular flexibility index (Phi) is 7.05. The SMILES string of the molecule is CCOc1ccc(C(O)=C2C(=O)C(=O)N(CCc3c[nH]c4ccccc34)C2c2ccc(C(C)C)cc2)cc1. The van der Waals surface area contributed by atoms with Crippen molar-refractivity contribution in [2.75, 3.05) is 13.2 Å². The Labute approximate surface area is 222 Å². The third kappa shape index (κ3) is 4.70. The van der Waals surface area contributed by atoms with Gasteiger partial charge in [-0.05, 0) is 66.3 Å². The fraction of sp³-hybridized carbons (Fsp3) is 0.250. The predicted octanol–water partition coefficient (Wildman–Crippen LogP) is 6.35. The summed E-state index contributed by atoms with van der Waals surface area (Å²) in [6.07, 6.45) is 2.52. The van der Waals surface area contributed by atoms with Gasteiger partial charge in [-0.3, -0.25) is 9.59 Å². The molecule has 5 rings (SSSR count). The Morgan fingerprint density at radius 2 is 1.71 bits per heavy atom. The second kappa shape index (κ2) is 10.6. The second-order valence-electron chi connectivity index (χ2n) is 9.88. The first kappa shape index (κ1) is 25.3. The Balaban J connectivity index is 1.54. The van der Waals surface area contributed by atoms with E-state index in [-0.39, 0.29) is 11.3 Å². The molecule has 1 aliphatic rings. The number of nitrogens with zero attached hydrogens (tertiary/aromatic N) is 1. The second-order valence-corrected chi connectivity index (χ2v) is 9.88. The van der Waals surface area contributed by atoms with Crippen LogP contribution in [0.25, 0.3) is 16.7 Å². The number of hydrogen-bond acceptors (Lipinski definition) is 4. The van der Waals surface area contributed by atoms with E-state index in [1.807, 2.05) is 61.7 Å². The fourth-order valence-electron chi connectivity index (χ4n) is 5.13. The lowest BCUT2D eigenvalue weighted by Gasteiger charge is -2.25. The molecular formula is C32H32N2O4. The van der Waals surface area contributed by atoms with Crippen molar-refractivity contribution in [1.29, 1.82) is 0 Å². The zero-order valence-electron chi connectivity index (χ0n) is 21.9. The number of nitrogens with one attached hydrogen (secondary N) is 1. The summed E-state index contributed by atoms with van der Waals surface area (Å²) in [5.41, 5.74) is 4.63. The third-order valence-corrected chi connectivity index (χ3v) is 7.19. The molecule has 1 aliphatic heterocycles. The highest BCUT2D eigenvalue weighted by Crippen LogP contribution is 2.40. The number of rotatable bonds is 8. The zero-order chi connectivity index (χ0) is 26.8. The van der Waals surface area contributed by atoms with Crippen molar-refractivity contribution in [3.05, 3.63) is 107 Å². The van der Waals surface area contributed by atoms with Crippen molar-refractivity contribution in [2.45, 2.75) is 39.2 Å². The number of benzene rings is 3. The average Bonchev–Trinajstić information content (AvgIpc) is 3.46. The van der Waals surface area contributed by atoms with Gasteiger partial charge in [-0.25, -0.2) is 0 Å². The minimum Gasteiger partial charge on any atom is -0.507 e. The van der Waals surface area contributed by atoms with Crippen molar-refractivity contribution in [3.63, 3.8) is 0 Å². The molecule has 1 amide bonds. The molecule has 3 aromatic carbocycles. The van der Waals surface area contributed by atoms with Crippen LogP contribution in [0.1, 0.15) is 55.0 Å². The standard InChI is InChI=1S/C32H32N2O4/c1-4-38-25-15-13-23(14-16-25)30(35)28-29(22-11-9-21(10-12-22)20(2)3)34(32(37)31(28)36)18-17-24-19-33-27-8-6-5-7-26(24)27/h5-16,19-20,29,33,35H,4,17-18H2,1-3H3. The average molecular weight is 509 g/mol. The van der Waals surface area contributed by atoms with E-state index in [4.69, 9.17) is 4.74 Å². The zero-order valence-corrected chi connectivity index (χ0v) is 21.9. The largest absolute Gasteiger partial charge is 0.507 e. The molecule has 1 unspecified atom stereocenters. The molecule has 6 nitrogen and oxygen atoms in total. The van der Waals surface area contributed by atoms with Gasteiger partial charge in [-0.1, -0.05) is 56.3 Å². The number of H-pyrrole nitrogens is 1. The smallest absolute Gasteiger partial charge is 0.295 e. The third-order valence-electron chi connectivity index (χ3n) is 7.19. The number of amides is 1. The molecule has 0 saturated carbocycles. The van der Waals surface area contributed by atoms with Gasteiger partial charge < -0.3 is 19.7 Å². The summed E-state index contributed by atoms with van der Waals surface area (Å²) in [6, 6.07) is 22.2. The van der Waals surface area contributed by atoms with Gasteiger partial charge in [-0.15, -0.1) is 0 Å². The van der Waals surface area contributed by atoms with Gasteiger partial charge in [0.25, 0.3) is 11.7 Å². The molecule has 4 aromatic rings. The number of aromatic amines is 1. The Morgan fingerprint density at radius 1 is 1.00 bits per heavy atom. The molecule has 2 heterocycles. The topological polar surface area (TPSA) is 82.6 Å². The molecule has 1 atom stereocenters. The van der Waals surface area contributed by atoms with E-state index in [1.165, 1.54) is 0 Å². The van der Waals surface area contributed by atoms with Crippen molar-refractivity contribution in [3.8, 4) is 5.75 Å². The van der Waals surface area contributed by atoms with Crippen LogP contribution in [0.3, 0.4) is 0 Å². The molecule has 1 aromatic heterocycles. The predicted molar refractivity (Wildman–Crippen MR) is 149 cm³/mol. The van der Waals surface area contributed by atoms with Gasteiger partial charge in [-0.2, -0.15) is 0 Å². The summed E-state index contributed by atoms with van der Waals surface area (Å²) in [5, 5.41) is 12.4. The highest BCUT2D eigenvalue weighted by molar-refractivity contribution is 6.46. The van der Waals surface area contributed by atoms with Crippen molar-refractivity contribution in [1.82, 2.24) is 9.88 Å². The van der Waals surface area contributed by atoms with Crippen LogP contribution in [0.5, 0.6) is 5.75 Å². The fourth-order valence-corrected chi connectivity index (χ4v) is 5.13. The molecular weight excluding hydrogens is 476 g/mol. The number of fused-ring (bicyclic) bond motifs is 1. The van der Waals surface area contributed by atoms with Gasteiger partial charge in [0.05, 0.1) is 18.2 Å². The lowest BCUT2D eigenvalue weighted by molar-refractivity contribution is -0.139. The molecule has 1 fully saturated rings. The van der Waals surface area contributed by atoms with Crippen LogP contribution in [-0.4, -0.2) is 39.8 Å². The summed E-state index contributed by atoms with van der Waals surface area (Å²) in [4.78, 5) is 31.6. The molecule has 2 N–H and O–H groups in total. The minimum atomic E-state index is -0.687. The molecule has 1 saturated heterocycles. The van der Waals surface area contributed by atoms with E-state index in [9.17, 15) is 14.7 Å². The van der Waals surface area contributed by atoms with Crippen LogP contribution in [0.15, 0.2) is 84.6 Å². The van der Waals surface area contributed by atoms with Crippen LogP contribution in [0, 0.1) is 0 Å². The Morgan fingerprint density at radius 3 is 2.39 bits per heavy atom. The van der Waals surface area contributed by atoms with Crippen LogP contribution in [0.4, 0.5) is 0 Å². The number of para-hydroxylation sites is 1. The number of hydrogen-bond donors (Lipinski definition) is 2. The molecule has 194 valence electrons. The Hall–Kier alpha value is -4.32. The van der Waals surface area contributed by atoms with Gasteiger partial charge in [0.1, 0.15) is 11.5 Å². The van der Waals surface area contributed by atoms with Crippen molar-refractivity contribution >= 4 is 28.4 Å². The molecule has 0 radical (unpaired) electrons. The first-order chi connectivity index (χ1) is 18.4. The lowest BCUT2D eigenvalue weighted by Crippen LogP contribution is -2.31. The maximum absolute atomic E-state index is 13.4. The van der Waals surface area contributed by atoms with E-state index >= 15 is 0 Å². The molecule has 0 spiro atoms. The summed E-state index contributed by atoms with van der Waals surface area (Å²) >= 11 is 0. The van der Waals surface area contributed by atoms with Crippen LogP contribution in [-0.2, 0) is 16.0 Å². The number of ether oxygens (including phenoxy) is 1. The maximum Gasteiger partial charge on any atom is 0.295 e. The molecule has 6 heteroatoms. The van der Waals surface area contributed by atoms with E-state index in [2.05, 4.69) is 18.8 Å². The highest BCUT2D eigenvalue weighted by Gasteiger charge is 2.45. The quantitative estimate of drug-likeness (QED) is 0.165. The van der Waals surface area contributed by atoms with E-state index in [1.54, 1.807) is 29.2 Å². The normalized spacial score (nSPS) is 17.1. The lowest BCUT2D eigenvalue weighted by atomic mass is 9.93. The molecule has 38 heavy (non-hydrogen) atoms. The van der Waals surface area contributed by atoms with Crippen molar-refractivity contribution < 1.29 is 19.4 Å². The highest BCUT2D eigenvalue weighted by atomic mass is 16.5. The van der Waals surface area contributed by atoms with E-state index < -0.39 is 17.7 Å². The van der Waals surface area contributed by atoms with Crippen LogP contribution in [0.2, 0.25) is 0 Å². The summed E-state index contributed by atoms with van der Waals surface area (Å²) in [5.74, 6) is -0.437. The first-order valence-electron chi connectivity index (χ1n) is 13.1. The monoisotopic (exact) mass is 508 g/mol. The Bertz CT molecular complexity index is 1500.